The topological polar surface area (TPSA) is 137 Å². The number of halogens is 4. The monoisotopic (exact) mass is 622 g/mol. The molecule has 0 unspecified atom stereocenters. The predicted octanol–water partition coefficient (Wildman–Crippen LogP) is 4.56. The van der Waals surface area contributed by atoms with Crippen molar-refractivity contribution in [1.29, 1.82) is 0 Å². The maximum absolute atomic E-state index is 17.0. The first kappa shape index (κ1) is 29.0. The van der Waals surface area contributed by atoms with Gasteiger partial charge in [0, 0.05) is 41.8 Å². The maximum atomic E-state index is 17.0. The Morgan fingerprint density at radius 1 is 1.11 bits per heavy atom. The first-order valence-electron chi connectivity index (χ1n) is 14.5. The number of nitrogens with zero attached hydrogens (tertiary/aromatic N) is 8. The summed E-state index contributed by atoms with van der Waals surface area (Å²) in [6, 6.07) is 4.75. The highest BCUT2D eigenvalue weighted by Crippen LogP contribution is 2.46. The van der Waals surface area contributed by atoms with Crippen LogP contribution in [0.5, 0.6) is 6.01 Å². The van der Waals surface area contributed by atoms with Crippen LogP contribution in [-0.4, -0.2) is 67.4 Å². The molecule has 5 aromatic rings. The van der Waals surface area contributed by atoms with Gasteiger partial charge in [-0.05, 0) is 51.1 Å². The Bertz CT molecular complexity index is 1960. The largest absolute Gasteiger partial charge is 0.462 e. The van der Waals surface area contributed by atoms with E-state index in [1.807, 2.05) is 18.0 Å². The Kier molecular flexibility index (Phi) is 6.87. The lowest BCUT2D eigenvalue weighted by Gasteiger charge is -2.25. The van der Waals surface area contributed by atoms with Crippen LogP contribution in [0.3, 0.4) is 0 Å². The molecule has 0 saturated carbocycles. The molecule has 0 aliphatic carbocycles. The lowest BCUT2D eigenvalue weighted by atomic mass is 9.96. The Labute approximate surface area is 254 Å². The average molecular weight is 623 g/mol. The first-order chi connectivity index (χ1) is 21.5. The smallest absolute Gasteiger partial charge is 0.418 e. The number of hydrogen-bond acceptors (Lipinski definition) is 10. The van der Waals surface area contributed by atoms with Crippen molar-refractivity contribution in [2.75, 3.05) is 43.1 Å². The Balaban J connectivity index is 1.50. The molecule has 6 heterocycles. The number of nitrogen functional groups attached to an aromatic ring is 2. The molecule has 4 N–H and O–H groups in total. The van der Waals surface area contributed by atoms with E-state index < -0.39 is 23.3 Å². The van der Waals surface area contributed by atoms with E-state index in [0.29, 0.717) is 35.6 Å². The second-order valence-corrected chi connectivity index (χ2v) is 11.5. The summed E-state index contributed by atoms with van der Waals surface area (Å²) in [6.45, 7) is 3.43. The SMILES string of the molecule is Cc1cc(N)nc(-c2c(F)c3nc(OC[C@@H]4CCCN4C)nc4c3c3c2cnn3CCN4Cc2cccnc2N)c1C(F)(F)F. The number of pyridine rings is 2. The van der Waals surface area contributed by atoms with Crippen molar-refractivity contribution in [3.8, 4) is 17.3 Å². The van der Waals surface area contributed by atoms with Crippen LogP contribution >= 0.6 is 0 Å². The van der Waals surface area contributed by atoms with Crippen LogP contribution in [0.2, 0.25) is 0 Å². The number of anilines is 3. The fraction of sp³-hybridized carbons (Fsp3) is 0.367. The van der Waals surface area contributed by atoms with E-state index >= 15 is 4.39 Å². The maximum Gasteiger partial charge on any atom is 0.418 e. The van der Waals surface area contributed by atoms with Crippen LogP contribution in [0.1, 0.15) is 29.5 Å². The molecule has 2 aliphatic rings. The van der Waals surface area contributed by atoms with E-state index in [0.717, 1.165) is 31.0 Å². The number of rotatable bonds is 6. The molecule has 0 radical (unpaired) electrons. The molecule has 1 aromatic carbocycles. The highest BCUT2D eigenvalue weighted by Gasteiger charge is 2.39. The highest BCUT2D eigenvalue weighted by atomic mass is 19.4. The molecule has 7 rings (SSSR count). The van der Waals surface area contributed by atoms with Crippen LogP contribution < -0.4 is 21.1 Å². The lowest BCUT2D eigenvalue weighted by Crippen LogP contribution is -2.31. The van der Waals surface area contributed by atoms with Crippen molar-refractivity contribution in [2.24, 2.45) is 0 Å². The fourth-order valence-corrected chi connectivity index (χ4v) is 6.43. The number of hydrogen-bond donors (Lipinski definition) is 2. The predicted molar refractivity (Wildman–Crippen MR) is 161 cm³/mol. The van der Waals surface area contributed by atoms with Gasteiger partial charge in [-0.1, -0.05) is 6.07 Å². The van der Waals surface area contributed by atoms with Crippen LogP contribution in [0.25, 0.3) is 33.1 Å². The van der Waals surface area contributed by atoms with Gasteiger partial charge in [0.2, 0.25) is 0 Å². The summed E-state index contributed by atoms with van der Waals surface area (Å²) in [4.78, 5) is 21.5. The zero-order chi connectivity index (χ0) is 31.6. The number of benzene rings is 1. The van der Waals surface area contributed by atoms with E-state index in [2.05, 4.69) is 25.0 Å². The summed E-state index contributed by atoms with van der Waals surface area (Å²) >= 11 is 0. The van der Waals surface area contributed by atoms with Gasteiger partial charge in [0.25, 0.3) is 0 Å². The van der Waals surface area contributed by atoms with Gasteiger partial charge in [-0.2, -0.15) is 28.2 Å². The molecule has 0 amide bonds. The summed E-state index contributed by atoms with van der Waals surface area (Å²) in [5.41, 5.74) is 10.7. The molecule has 1 fully saturated rings. The standard InChI is InChI=1S/C30H30F4N10O/c1-15-11-19(35)39-24(22(15)30(32,33)34)20-18-12-38-44-10-9-43(13-16-5-3-7-37-27(16)36)28-21(26(18)44)25(23(20)31)40-29(41-28)45-14-17-6-4-8-42(17)2/h3,5,7,11-12,17H,4,6,8-10,13-14H2,1-2H3,(H2,35,39)(H2,36,37)/t17-/m0/s1. The Morgan fingerprint density at radius 2 is 1.93 bits per heavy atom. The lowest BCUT2D eigenvalue weighted by molar-refractivity contribution is -0.137. The Hall–Kier alpha value is -4.79. The zero-order valence-corrected chi connectivity index (χ0v) is 24.6. The van der Waals surface area contributed by atoms with Crippen molar-refractivity contribution in [3.05, 3.63) is 53.1 Å². The normalized spacial score (nSPS) is 17.1. The molecule has 0 bridgehead atoms. The molecule has 234 valence electrons. The number of aryl methyl sites for hydroxylation is 1. The van der Waals surface area contributed by atoms with Gasteiger partial charge in [-0.15, -0.1) is 0 Å². The first-order valence-corrected chi connectivity index (χ1v) is 14.5. The highest BCUT2D eigenvalue weighted by molar-refractivity contribution is 6.15. The number of aromatic nitrogens is 6. The Morgan fingerprint density at radius 3 is 2.67 bits per heavy atom. The van der Waals surface area contributed by atoms with Gasteiger partial charge in [-0.25, -0.2) is 14.4 Å². The van der Waals surface area contributed by atoms with Crippen LogP contribution in [-0.2, 0) is 19.3 Å². The third-order valence-corrected chi connectivity index (χ3v) is 8.64. The number of nitrogens with two attached hydrogens (primary N) is 2. The molecule has 4 aromatic heterocycles. The summed E-state index contributed by atoms with van der Waals surface area (Å²) in [5, 5.41) is 4.90. The van der Waals surface area contributed by atoms with Crippen molar-refractivity contribution >= 4 is 39.3 Å². The fourth-order valence-electron chi connectivity index (χ4n) is 6.43. The van der Waals surface area contributed by atoms with E-state index in [9.17, 15) is 13.2 Å². The molecule has 45 heavy (non-hydrogen) atoms. The minimum Gasteiger partial charge on any atom is -0.462 e. The minimum absolute atomic E-state index is 0.0908. The second-order valence-electron chi connectivity index (χ2n) is 11.5. The second kappa shape index (κ2) is 10.7. The van der Waals surface area contributed by atoms with Gasteiger partial charge in [-0.3, -0.25) is 4.68 Å². The molecular weight excluding hydrogens is 592 g/mol. The van der Waals surface area contributed by atoms with Crippen molar-refractivity contribution in [1.82, 2.24) is 34.6 Å². The van der Waals surface area contributed by atoms with Crippen molar-refractivity contribution in [2.45, 2.75) is 45.1 Å². The minimum atomic E-state index is -4.84. The van der Waals surface area contributed by atoms with Gasteiger partial charge in [0.05, 0.1) is 34.9 Å². The zero-order valence-electron chi connectivity index (χ0n) is 24.6. The molecule has 1 atom stereocenters. The van der Waals surface area contributed by atoms with Gasteiger partial charge in [0.1, 0.15) is 29.6 Å². The summed E-state index contributed by atoms with van der Waals surface area (Å²) in [6.07, 6.45) is 0.0406. The van der Waals surface area contributed by atoms with E-state index in [1.54, 1.807) is 16.9 Å². The van der Waals surface area contributed by atoms with E-state index in [-0.39, 0.29) is 53.1 Å². The average Bonchev–Trinajstić information content (AvgIpc) is 3.55. The van der Waals surface area contributed by atoms with Crippen LogP contribution in [0.4, 0.5) is 35.0 Å². The molecule has 1 saturated heterocycles. The van der Waals surface area contributed by atoms with Crippen LogP contribution in [0, 0.1) is 12.7 Å². The van der Waals surface area contributed by atoms with Crippen LogP contribution in [0.15, 0.2) is 30.6 Å². The summed E-state index contributed by atoms with van der Waals surface area (Å²) < 4.78 is 68.0. The van der Waals surface area contributed by atoms with E-state index in [1.165, 1.54) is 13.1 Å². The quantitative estimate of drug-likeness (QED) is 0.259. The van der Waals surface area contributed by atoms with Crippen molar-refractivity contribution in [3.63, 3.8) is 0 Å². The number of ether oxygens (including phenoxy) is 1. The molecule has 15 heteroatoms. The number of likely N-dealkylation sites (N-methyl/N-ethyl adjacent to an activating group) is 1. The molecule has 0 spiro atoms. The molecule has 11 nitrogen and oxygen atoms in total. The van der Waals surface area contributed by atoms with Crippen molar-refractivity contribution < 1.29 is 22.3 Å². The number of likely N-dealkylation sites (tertiary alicyclic amines) is 1. The molecular formula is C30H30F4N10O. The number of alkyl halides is 3. The third-order valence-electron chi connectivity index (χ3n) is 8.64. The summed E-state index contributed by atoms with van der Waals surface area (Å²) in [5.74, 6) is -0.497. The van der Waals surface area contributed by atoms with Gasteiger partial charge < -0.3 is 26.0 Å². The third kappa shape index (κ3) is 4.90. The van der Waals surface area contributed by atoms with E-state index in [4.69, 9.17) is 21.2 Å². The summed E-state index contributed by atoms with van der Waals surface area (Å²) in [7, 11) is 2.00. The van der Waals surface area contributed by atoms with Gasteiger partial charge >= 0.3 is 12.2 Å². The van der Waals surface area contributed by atoms with Gasteiger partial charge in [0.15, 0.2) is 5.82 Å². The molecule has 2 aliphatic heterocycles.